The summed E-state index contributed by atoms with van der Waals surface area (Å²) < 4.78 is 0. The van der Waals surface area contributed by atoms with Crippen LogP contribution in [0, 0.1) is 17.3 Å². The normalized spacial score (nSPS) is 26.4. The fourth-order valence-electron chi connectivity index (χ4n) is 2.86. The van der Waals surface area contributed by atoms with E-state index in [-0.39, 0.29) is 42.1 Å². The molecule has 0 aromatic carbocycles. The first-order valence-corrected chi connectivity index (χ1v) is 7.22. The summed E-state index contributed by atoms with van der Waals surface area (Å²) >= 11 is 0. The quantitative estimate of drug-likeness (QED) is 0.735. The second kappa shape index (κ2) is 8.42. The van der Waals surface area contributed by atoms with Crippen molar-refractivity contribution in [3.8, 4) is 0 Å². The number of hydrogen-bond donors (Lipinski definition) is 3. The van der Waals surface area contributed by atoms with Gasteiger partial charge >= 0.3 is 0 Å². The smallest absolute Gasteiger partial charge is 0.223 e. The van der Waals surface area contributed by atoms with E-state index in [1.54, 1.807) is 0 Å². The lowest BCUT2D eigenvalue weighted by atomic mass is 9.77. The fraction of sp³-hybridized carbons (Fsp3) is 0.929. The molecule has 2 rings (SSSR count). The standard InChI is InChI=1S/C14H27N3O.2ClH/c1-10(11-7-15-8-11)13(18)17-9-12-14(2,3)5-4-6-16-12;;/h10-12,15-16H,4-9H2,1-3H3,(H,17,18);2*1H. The molecule has 2 unspecified atom stereocenters. The lowest BCUT2D eigenvalue weighted by molar-refractivity contribution is -0.126. The molecule has 6 heteroatoms. The van der Waals surface area contributed by atoms with Gasteiger partial charge in [-0.25, -0.2) is 0 Å². The maximum absolute atomic E-state index is 12.1. The van der Waals surface area contributed by atoms with Crippen molar-refractivity contribution in [2.24, 2.45) is 17.3 Å². The second-order valence-electron chi connectivity index (χ2n) is 6.55. The molecule has 2 aliphatic rings. The van der Waals surface area contributed by atoms with Crippen LogP contribution in [-0.2, 0) is 4.79 Å². The summed E-state index contributed by atoms with van der Waals surface area (Å²) in [5.41, 5.74) is 0.285. The van der Waals surface area contributed by atoms with Gasteiger partial charge in [-0.05, 0) is 43.8 Å². The first-order chi connectivity index (χ1) is 8.50. The van der Waals surface area contributed by atoms with Gasteiger partial charge in [-0.2, -0.15) is 0 Å². The SMILES string of the molecule is CC(C(=O)NCC1NCCCC1(C)C)C1CNC1.Cl.Cl. The van der Waals surface area contributed by atoms with Crippen molar-refractivity contribution >= 4 is 30.7 Å². The molecule has 2 atom stereocenters. The molecule has 2 heterocycles. The maximum Gasteiger partial charge on any atom is 0.223 e. The van der Waals surface area contributed by atoms with Gasteiger partial charge in [0.1, 0.15) is 0 Å². The maximum atomic E-state index is 12.1. The molecule has 120 valence electrons. The van der Waals surface area contributed by atoms with E-state index in [1.165, 1.54) is 12.8 Å². The summed E-state index contributed by atoms with van der Waals surface area (Å²) in [6.07, 6.45) is 2.48. The van der Waals surface area contributed by atoms with Gasteiger partial charge in [0.25, 0.3) is 0 Å². The molecule has 1 amide bonds. The van der Waals surface area contributed by atoms with Crippen LogP contribution in [0.2, 0.25) is 0 Å². The third kappa shape index (κ3) is 4.76. The number of amides is 1. The van der Waals surface area contributed by atoms with Crippen LogP contribution in [0.4, 0.5) is 0 Å². The van der Waals surface area contributed by atoms with E-state index in [2.05, 4.69) is 29.8 Å². The van der Waals surface area contributed by atoms with E-state index >= 15 is 0 Å². The Morgan fingerprint density at radius 1 is 1.35 bits per heavy atom. The van der Waals surface area contributed by atoms with Gasteiger partial charge in [0.05, 0.1) is 0 Å². The Balaban J connectivity index is 0.00000180. The zero-order chi connectivity index (χ0) is 13.2. The van der Waals surface area contributed by atoms with Gasteiger partial charge in [-0.15, -0.1) is 24.8 Å². The minimum absolute atomic E-state index is 0. The zero-order valence-electron chi connectivity index (χ0n) is 12.7. The number of carbonyl (C=O) groups excluding carboxylic acids is 1. The molecule has 0 aliphatic carbocycles. The molecular formula is C14H29Cl2N3O. The predicted molar refractivity (Wildman–Crippen MR) is 87.8 cm³/mol. The van der Waals surface area contributed by atoms with Gasteiger partial charge in [-0.1, -0.05) is 20.8 Å². The summed E-state index contributed by atoms with van der Waals surface area (Å²) in [6, 6.07) is 0.405. The van der Waals surface area contributed by atoms with E-state index in [0.29, 0.717) is 12.0 Å². The Hall–Kier alpha value is -0.0300. The van der Waals surface area contributed by atoms with Crippen molar-refractivity contribution in [1.29, 1.82) is 0 Å². The van der Waals surface area contributed by atoms with Crippen molar-refractivity contribution in [3.05, 3.63) is 0 Å². The molecule has 0 spiro atoms. The molecule has 0 bridgehead atoms. The lowest BCUT2D eigenvalue weighted by Crippen LogP contribution is -2.55. The van der Waals surface area contributed by atoms with Crippen LogP contribution in [-0.4, -0.2) is 38.1 Å². The highest BCUT2D eigenvalue weighted by Gasteiger charge is 2.33. The molecule has 2 fully saturated rings. The molecule has 0 radical (unpaired) electrons. The van der Waals surface area contributed by atoms with Gasteiger partial charge < -0.3 is 16.0 Å². The monoisotopic (exact) mass is 325 g/mol. The van der Waals surface area contributed by atoms with E-state index in [9.17, 15) is 4.79 Å². The first kappa shape index (κ1) is 20.0. The van der Waals surface area contributed by atoms with E-state index in [0.717, 1.165) is 26.2 Å². The predicted octanol–water partition coefficient (Wildman–Crippen LogP) is 1.58. The van der Waals surface area contributed by atoms with E-state index < -0.39 is 0 Å². The van der Waals surface area contributed by atoms with Crippen molar-refractivity contribution in [2.45, 2.75) is 39.7 Å². The number of nitrogens with one attached hydrogen (secondary N) is 3. The molecular weight excluding hydrogens is 297 g/mol. The van der Waals surface area contributed by atoms with Crippen molar-refractivity contribution in [3.63, 3.8) is 0 Å². The zero-order valence-corrected chi connectivity index (χ0v) is 14.3. The van der Waals surface area contributed by atoms with Gasteiger partial charge in [0.15, 0.2) is 0 Å². The lowest BCUT2D eigenvalue weighted by Gasteiger charge is -2.40. The van der Waals surface area contributed by atoms with Crippen LogP contribution in [0.1, 0.15) is 33.6 Å². The fourth-order valence-corrected chi connectivity index (χ4v) is 2.86. The number of halogens is 2. The molecule has 0 aromatic heterocycles. The molecule has 0 saturated carbocycles. The van der Waals surface area contributed by atoms with Crippen LogP contribution in [0.5, 0.6) is 0 Å². The first-order valence-electron chi connectivity index (χ1n) is 7.22. The van der Waals surface area contributed by atoms with Crippen LogP contribution in [0.15, 0.2) is 0 Å². The average molecular weight is 326 g/mol. The number of piperidine rings is 1. The summed E-state index contributed by atoms with van der Waals surface area (Å²) in [5.74, 6) is 0.875. The minimum Gasteiger partial charge on any atom is -0.354 e. The highest BCUT2D eigenvalue weighted by molar-refractivity contribution is 5.85. The Bertz CT molecular complexity index is 309. The number of rotatable bonds is 4. The Kier molecular flexibility index (Phi) is 8.41. The van der Waals surface area contributed by atoms with Crippen molar-refractivity contribution in [2.75, 3.05) is 26.2 Å². The highest BCUT2D eigenvalue weighted by Crippen LogP contribution is 2.29. The molecule has 2 aliphatic heterocycles. The van der Waals surface area contributed by atoms with E-state index in [1.807, 2.05) is 6.92 Å². The second-order valence-corrected chi connectivity index (χ2v) is 6.55. The molecule has 0 aromatic rings. The van der Waals surface area contributed by atoms with Gasteiger partial charge in [-0.3, -0.25) is 4.79 Å². The van der Waals surface area contributed by atoms with Gasteiger partial charge in [0, 0.05) is 18.5 Å². The number of hydrogen-bond acceptors (Lipinski definition) is 3. The third-order valence-corrected chi connectivity index (χ3v) is 4.75. The Morgan fingerprint density at radius 2 is 2.00 bits per heavy atom. The Morgan fingerprint density at radius 3 is 2.50 bits per heavy atom. The summed E-state index contributed by atoms with van der Waals surface area (Å²) in [4.78, 5) is 12.1. The summed E-state index contributed by atoms with van der Waals surface area (Å²) in [6.45, 7) is 10.4. The average Bonchev–Trinajstić information content (AvgIpc) is 2.24. The van der Waals surface area contributed by atoms with Crippen molar-refractivity contribution < 1.29 is 4.79 Å². The van der Waals surface area contributed by atoms with Crippen LogP contribution >= 0.6 is 24.8 Å². The summed E-state index contributed by atoms with van der Waals surface area (Å²) in [5, 5.41) is 9.88. The number of carbonyl (C=O) groups is 1. The van der Waals surface area contributed by atoms with E-state index in [4.69, 9.17) is 0 Å². The van der Waals surface area contributed by atoms with Crippen molar-refractivity contribution in [1.82, 2.24) is 16.0 Å². The third-order valence-electron chi connectivity index (χ3n) is 4.75. The topological polar surface area (TPSA) is 53.2 Å². The summed E-state index contributed by atoms with van der Waals surface area (Å²) in [7, 11) is 0. The van der Waals surface area contributed by atoms with Gasteiger partial charge in [0.2, 0.25) is 5.91 Å². The van der Waals surface area contributed by atoms with Crippen LogP contribution in [0.25, 0.3) is 0 Å². The van der Waals surface area contributed by atoms with Crippen LogP contribution in [0.3, 0.4) is 0 Å². The Labute approximate surface area is 135 Å². The molecule has 4 nitrogen and oxygen atoms in total. The molecule has 20 heavy (non-hydrogen) atoms. The molecule has 2 saturated heterocycles. The van der Waals surface area contributed by atoms with Crippen LogP contribution < -0.4 is 16.0 Å². The molecule has 3 N–H and O–H groups in total. The highest BCUT2D eigenvalue weighted by atomic mass is 35.5. The minimum atomic E-state index is 0. The largest absolute Gasteiger partial charge is 0.354 e.